The third kappa shape index (κ3) is 4.86. The van der Waals surface area contributed by atoms with Gasteiger partial charge in [0.1, 0.15) is 0 Å². The van der Waals surface area contributed by atoms with Crippen molar-refractivity contribution in [2.24, 2.45) is 0 Å². The lowest BCUT2D eigenvalue weighted by Gasteiger charge is -2.19. The molecule has 22 heavy (non-hydrogen) atoms. The fraction of sp³-hybridized carbons (Fsp3) is 0.471. The normalized spacial score (nSPS) is 14.4. The topological polar surface area (TPSA) is 55.8 Å². The van der Waals surface area contributed by atoms with Crippen LogP contribution in [0.15, 0.2) is 36.9 Å². The van der Waals surface area contributed by atoms with Crippen molar-refractivity contribution in [3.8, 4) is 0 Å². The molecule has 0 unspecified atom stereocenters. The summed E-state index contributed by atoms with van der Waals surface area (Å²) in [6.45, 7) is 7.23. The number of carbonyl (C=O) groups excluding carboxylic acids is 1. The van der Waals surface area contributed by atoms with Crippen molar-refractivity contribution in [2.45, 2.75) is 12.8 Å². The third-order valence-electron chi connectivity index (χ3n) is 3.79. The average Bonchev–Trinajstić information content (AvgIpc) is 3.03. The second-order valence-electron chi connectivity index (χ2n) is 5.54. The van der Waals surface area contributed by atoms with E-state index >= 15 is 0 Å². The van der Waals surface area contributed by atoms with Crippen molar-refractivity contribution in [1.82, 2.24) is 4.90 Å². The molecular formula is C17H25N3O2. The molecule has 2 rings (SSSR count). The van der Waals surface area contributed by atoms with E-state index in [1.165, 1.54) is 18.5 Å². The Hall–Kier alpha value is -1.85. The lowest BCUT2D eigenvalue weighted by atomic mass is 10.2. The quantitative estimate of drug-likeness (QED) is 0.718. The van der Waals surface area contributed by atoms with Crippen LogP contribution >= 0.6 is 0 Å². The summed E-state index contributed by atoms with van der Waals surface area (Å²) in [7, 11) is 0. The first-order chi connectivity index (χ1) is 10.7. The first kappa shape index (κ1) is 16.5. The van der Waals surface area contributed by atoms with Gasteiger partial charge in [0.2, 0.25) is 5.91 Å². The molecule has 120 valence electrons. The van der Waals surface area contributed by atoms with E-state index in [0.29, 0.717) is 13.1 Å². The van der Waals surface area contributed by atoms with Gasteiger partial charge in [0.15, 0.2) is 0 Å². The number of nitrogens with zero attached hydrogens (tertiary/aromatic N) is 2. The fourth-order valence-corrected chi connectivity index (χ4v) is 2.69. The highest BCUT2D eigenvalue weighted by molar-refractivity contribution is 5.92. The smallest absolute Gasteiger partial charge is 0.238 e. The van der Waals surface area contributed by atoms with E-state index in [1.807, 2.05) is 17.0 Å². The molecular weight excluding hydrogens is 278 g/mol. The van der Waals surface area contributed by atoms with Crippen molar-refractivity contribution in [1.29, 1.82) is 0 Å². The molecule has 1 aromatic rings. The van der Waals surface area contributed by atoms with Gasteiger partial charge in [0.25, 0.3) is 0 Å². The highest BCUT2D eigenvalue weighted by Crippen LogP contribution is 2.21. The summed E-state index contributed by atoms with van der Waals surface area (Å²) in [5.41, 5.74) is 2.01. The van der Waals surface area contributed by atoms with Crippen molar-refractivity contribution < 1.29 is 9.90 Å². The summed E-state index contributed by atoms with van der Waals surface area (Å²) in [5.74, 6) is -0.0794. The molecule has 5 nitrogen and oxygen atoms in total. The summed E-state index contributed by atoms with van der Waals surface area (Å²) in [4.78, 5) is 16.2. The van der Waals surface area contributed by atoms with Crippen molar-refractivity contribution >= 4 is 17.3 Å². The van der Waals surface area contributed by atoms with Crippen LogP contribution in [0.2, 0.25) is 0 Å². The monoisotopic (exact) mass is 303 g/mol. The average molecular weight is 303 g/mol. The van der Waals surface area contributed by atoms with Gasteiger partial charge in [-0.15, -0.1) is 6.58 Å². The minimum atomic E-state index is -0.0794. The molecule has 1 amide bonds. The molecule has 0 spiro atoms. The molecule has 1 saturated heterocycles. The first-order valence-corrected chi connectivity index (χ1v) is 7.82. The zero-order chi connectivity index (χ0) is 15.8. The van der Waals surface area contributed by atoms with Crippen molar-refractivity contribution in [3.05, 3.63) is 36.9 Å². The second-order valence-corrected chi connectivity index (χ2v) is 5.54. The van der Waals surface area contributed by atoms with Gasteiger partial charge in [-0.1, -0.05) is 6.08 Å². The summed E-state index contributed by atoms with van der Waals surface area (Å²) in [6.07, 6.45) is 4.23. The summed E-state index contributed by atoms with van der Waals surface area (Å²) >= 11 is 0. The number of hydrogen-bond acceptors (Lipinski definition) is 4. The highest BCUT2D eigenvalue weighted by Gasteiger charge is 2.13. The van der Waals surface area contributed by atoms with E-state index < -0.39 is 0 Å². The Labute approximate surface area is 132 Å². The molecule has 5 heteroatoms. The number of amides is 1. The first-order valence-electron chi connectivity index (χ1n) is 7.82. The molecule has 1 fully saturated rings. The van der Waals surface area contributed by atoms with Gasteiger partial charge in [-0.05, 0) is 37.1 Å². The van der Waals surface area contributed by atoms with Crippen LogP contribution in [0.25, 0.3) is 0 Å². The predicted octanol–water partition coefficient (Wildman–Crippen LogP) is 1.71. The Bertz CT molecular complexity index is 481. The number of carbonyl (C=O) groups is 1. The largest absolute Gasteiger partial charge is 0.395 e. The molecule has 0 radical (unpaired) electrons. The number of benzene rings is 1. The molecule has 1 aromatic carbocycles. The van der Waals surface area contributed by atoms with Gasteiger partial charge in [0.05, 0.1) is 13.2 Å². The number of nitrogens with one attached hydrogen (secondary N) is 1. The van der Waals surface area contributed by atoms with Gasteiger partial charge in [-0.2, -0.15) is 0 Å². The summed E-state index contributed by atoms with van der Waals surface area (Å²) in [6, 6.07) is 7.98. The van der Waals surface area contributed by atoms with E-state index in [0.717, 1.165) is 18.8 Å². The number of anilines is 2. The van der Waals surface area contributed by atoms with Crippen LogP contribution in [-0.2, 0) is 4.79 Å². The maximum absolute atomic E-state index is 12.0. The zero-order valence-electron chi connectivity index (χ0n) is 13.0. The molecule has 0 bridgehead atoms. The van der Waals surface area contributed by atoms with Crippen LogP contribution in [-0.4, -0.2) is 55.2 Å². The van der Waals surface area contributed by atoms with Gasteiger partial charge in [-0.25, -0.2) is 0 Å². The van der Waals surface area contributed by atoms with Crippen molar-refractivity contribution in [2.75, 3.05) is 49.5 Å². The summed E-state index contributed by atoms with van der Waals surface area (Å²) < 4.78 is 0. The predicted molar refractivity (Wildman–Crippen MR) is 90.2 cm³/mol. The molecule has 2 N–H and O–H groups in total. The summed E-state index contributed by atoms with van der Waals surface area (Å²) in [5, 5.41) is 11.9. The SMILES string of the molecule is C=CCN(CCO)CC(=O)Nc1ccc(N2CCCC2)cc1. The molecule has 0 atom stereocenters. The standard InChI is InChI=1S/C17H25N3O2/c1-2-9-19(12-13-21)14-17(22)18-15-5-7-16(8-6-15)20-10-3-4-11-20/h2,5-8,21H,1,3-4,9-14H2,(H,18,22). The molecule has 1 heterocycles. The number of rotatable bonds is 8. The maximum Gasteiger partial charge on any atom is 0.238 e. The fourth-order valence-electron chi connectivity index (χ4n) is 2.69. The van der Waals surface area contributed by atoms with Crippen LogP contribution < -0.4 is 10.2 Å². The van der Waals surface area contributed by atoms with Gasteiger partial charge in [0, 0.05) is 37.6 Å². The van der Waals surface area contributed by atoms with Crippen LogP contribution in [0.5, 0.6) is 0 Å². The zero-order valence-corrected chi connectivity index (χ0v) is 13.0. The maximum atomic E-state index is 12.0. The number of aliphatic hydroxyl groups excluding tert-OH is 1. The number of hydrogen-bond donors (Lipinski definition) is 2. The minimum Gasteiger partial charge on any atom is -0.395 e. The van der Waals surface area contributed by atoms with Gasteiger partial charge >= 0.3 is 0 Å². The second kappa shape index (κ2) is 8.56. The van der Waals surface area contributed by atoms with Crippen LogP contribution in [0.1, 0.15) is 12.8 Å². The molecule has 0 saturated carbocycles. The van der Waals surface area contributed by atoms with E-state index in [1.54, 1.807) is 6.08 Å². The molecule has 0 aliphatic carbocycles. The Morgan fingerprint density at radius 2 is 2.00 bits per heavy atom. The Kier molecular flexibility index (Phi) is 6.43. The Balaban J connectivity index is 1.86. The van der Waals surface area contributed by atoms with Crippen LogP contribution in [0.4, 0.5) is 11.4 Å². The lowest BCUT2D eigenvalue weighted by Crippen LogP contribution is -2.35. The van der Waals surface area contributed by atoms with Crippen LogP contribution in [0.3, 0.4) is 0 Å². The van der Waals surface area contributed by atoms with Crippen LogP contribution in [0, 0.1) is 0 Å². The third-order valence-corrected chi connectivity index (χ3v) is 3.79. The molecule has 1 aliphatic rings. The molecule has 0 aromatic heterocycles. The van der Waals surface area contributed by atoms with E-state index in [2.05, 4.69) is 28.9 Å². The van der Waals surface area contributed by atoms with Crippen molar-refractivity contribution in [3.63, 3.8) is 0 Å². The Morgan fingerprint density at radius 3 is 2.59 bits per heavy atom. The highest BCUT2D eigenvalue weighted by atomic mass is 16.3. The molecule has 1 aliphatic heterocycles. The Morgan fingerprint density at radius 1 is 1.32 bits per heavy atom. The van der Waals surface area contributed by atoms with E-state index in [4.69, 9.17) is 5.11 Å². The van der Waals surface area contributed by atoms with E-state index in [9.17, 15) is 4.79 Å². The number of aliphatic hydroxyl groups is 1. The van der Waals surface area contributed by atoms with Gasteiger partial charge in [-0.3, -0.25) is 9.69 Å². The lowest BCUT2D eigenvalue weighted by molar-refractivity contribution is -0.117. The minimum absolute atomic E-state index is 0.0334. The van der Waals surface area contributed by atoms with E-state index in [-0.39, 0.29) is 19.1 Å². The van der Waals surface area contributed by atoms with Gasteiger partial charge < -0.3 is 15.3 Å².